The lowest BCUT2D eigenvalue weighted by Gasteiger charge is -2.63. The summed E-state index contributed by atoms with van der Waals surface area (Å²) in [5.74, 6) is 0.162. The molecule has 0 spiro atoms. The topological polar surface area (TPSA) is 93.1 Å². The largest absolute Gasteiger partial charge is 0.462 e. The number of fused-ring (bicyclic) bond motifs is 5. The Labute approximate surface area is 184 Å². The maximum Gasteiger partial charge on any atom is 0.331 e. The summed E-state index contributed by atoms with van der Waals surface area (Å²) in [6.07, 6.45) is 7.90. The quantitative estimate of drug-likeness (QED) is 0.651. The van der Waals surface area contributed by atoms with Gasteiger partial charge in [0, 0.05) is 30.8 Å². The lowest BCUT2D eigenvalue weighted by Crippen LogP contribution is -2.62. The van der Waals surface area contributed by atoms with Crippen LogP contribution < -0.4 is 0 Å². The normalized spacial score (nSPS) is 51.3. The molecule has 5 aliphatic rings. The molecule has 0 aromatic carbocycles. The van der Waals surface area contributed by atoms with Gasteiger partial charge < -0.3 is 19.7 Å². The number of rotatable bonds is 2. The molecule has 31 heavy (non-hydrogen) atoms. The highest BCUT2D eigenvalue weighted by molar-refractivity contribution is 5.85. The zero-order chi connectivity index (χ0) is 22.2. The Balaban J connectivity index is 1.52. The number of aliphatic hydroxyl groups excluding tert-OH is 1. The molecule has 6 nitrogen and oxygen atoms in total. The molecule has 4 aliphatic carbocycles. The molecule has 9 atom stereocenters. The number of cyclic esters (lactones) is 1. The summed E-state index contributed by atoms with van der Waals surface area (Å²) in [6, 6.07) is 0. The van der Waals surface area contributed by atoms with E-state index in [1.807, 2.05) is 0 Å². The van der Waals surface area contributed by atoms with E-state index in [-0.39, 0.29) is 41.9 Å². The Morgan fingerprint density at radius 3 is 2.61 bits per heavy atom. The van der Waals surface area contributed by atoms with Gasteiger partial charge in [-0.2, -0.15) is 0 Å². The number of ether oxygens (including phenoxy) is 2. The van der Waals surface area contributed by atoms with Crippen LogP contribution in [0.25, 0.3) is 0 Å². The van der Waals surface area contributed by atoms with Crippen LogP contribution in [0.2, 0.25) is 0 Å². The SMILES string of the molecule is CC(=O)O[C@H]1C[C@]2(O)[C@@H]3CC[C@@H]4C[C@@H](O)CC[C@]4(C)C3CC[C@]2(C)[C@H]1C1=CC(=O)OC1. The summed E-state index contributed by atoms with van der Waals surface area (Å²) in [5.41, 5.74) is -0.420. The van der Waals surface area contributed by atoms with E-state index in [0.717, 1.165) is 50.5 Å². The minimum Gasteiger partial charge on any atom is -0.462 e. The van der Waals surface area contributed by atoms with Gasteiger partial charge in [0.25, 0.3) is 0 Å². The van der Waals surface area contributed by atoms with Crippen molar-refractivity contribution in [2.24, 2.45) is 34.5 Å². The first-order chi connectivity index (χ1) is 14.6. The molecular formula is C25H36O6. The number of carbonyl (C=O) groups is 2. The first-order valence-corrected chi connectivity index (χ1v) is 12.0. The van der Waals surface area contributed by atoms with Crippen LogP contribution in [0.15, 0.2) is 11.6 Å². The van der Waals surface area contributed by atoms with E-state index in [2.05, 4.69) is 13.8 Å². The maximum atomic E-state index is 12.4. The van der Waals surface area contributed by atoms with Crippen LogP contribution in [0, 0.1) is 34.5 Å². The van der Waals surface area contributed by atoms with Crippen LogP contribution in [-0.4, -0.2) is 46.6 Å². The van der Waals surface area contributed by atoms with Gasteiger partial charge in [0.1, 0.15) is 12.7 Å². The van der Waals surface area contributed by atoms with Gasteiger partial charge in [0.2, 0.25) is 0 Å². The molecule has 0 amide bonds. The van der Waals surface area contributed by atoms with Crippen molar-refractivity contribution in [3.8, 4) is 0 Å². The predicted octanol–water partition coefficient (Wildman–Crippen LogP) is 3.15. The summed E-state index contributed by atoms with van der Waals surface area (Å²) in [4.78, 5) is 23.8. The molecule has 1 aliphatic heterocycles. The summed E-state index contributed by atoms with van der Waals surface area (Å²) in [6.45, 7) is 6.16. The van der Waals surface area contributed by atoms with E-state index >= 15 is 0 Å². The van der Waals surface area contributed by atoms with Gasteiger partial charge in [0.15, 0.2) is 0 Å². The minimum atomic E-state index is -0.947. The maximum absolute atomic E-state index is 12.4. The fourth-order valence-electron chi connectivity index (χ4n) is 8.76. The van der Waals surface area contributed by atoms with Gasteiger partial charge in [-0.25, -0.2) is 4.79 Å². The van der Waals surface area contributed by atoms with Gasteiger partial charge in [-0.3, -0.25) is 4.79 Å². The van der Waals surface area contributed by atoms with Crippen LogP contribution in [0.1, 0.15) is 72.1 Å². The number of aliphatic hydroxyl groups is 2. The summed E-state index contributed by atoms with van der Waals surface area (Å²) >= 11 is 0. The van der Waals surface area contributed by atoms with Crippen LogP contribution in [0.3, 0.4) is 0 Å². The van der Waals surface area contributed by atoms with E-state index in [0.29, 0.717) is 18.3 Å². The average Bonchev–Trinajstić information content (AvgIpc) is 3.19. The Hall–Kier alpha value is -1.40. The molecule has 0 radical (unpaired) electrons. The third kappa shape index (κ3) is 2.97. The highest BCUT2D eigenvalue weighted by Gasteiger charge is 2.70. The van der Waals surface area contributed by atoms with Gasteiger partial charge in [-0.1, -0.05) is 13.8 Å². The monoisotopic (exact) mass is 432 g/mol. The smallest absolute Gasteiger partial charge is 0.331 e. The van der Waals surface area contributed by atoms with Gasteiger partial charge >= 0.3 is 11.9 Å². The number of hydrogen-bond acceptors (Lipinski definition) is 6. The molecule has 0 aromatic heterocycles. The van der Waals surface area contributed by atoms with Gasteiger partial charge in [0.05, 0.1) is 11.7 Å². The fourth-order valence-corrected chi connectivity index (χ4v) is 8.76. The van der Waals surface area contributed by atoms with Crippen LogP contribution in [0.4, 0.5) is 0 Å². The molecule has 1 unspecified atom stereocenters. The Morgan fingerprint density at radius 2 is 1.94 bits per heavy atom. The molecule has 0 aromatic rings. The summed E-state index contributed by atoms with van der Waals surface area (Å²) in [5, 5.41) is 22.7. The first-order valence-electron chi connectivity index (χ1n) is 12.0. The van der Waals surface area contributed by atoms with E-state index < -0.39 is 17.1 Å². The van der Waals surface area contributed by atoms with Crippen molar-refractivity contribution in [1.29, 1.82) is 0 Å². The molecule has 5 rings (SSSR count). The molecule has 0 bridgehead atoms. The van der Waals surface area contributed by atoms with Crippen LogP contribution in [-0.2, 0) is 19.1 Å². The first kappa shape index (κ1) is 21.4. The lowest BCUT2D eigenvalue weighted by atomic mass is 9.43. The van der Waals surface area contributed by atoms with Crippen molar-refractivity contribution in [3.05, 3.63) is 11.6 Å². The average molecular weight is 433 g/mol. The number of carbonyl (C=O) groups excluding carboxylic acids is 2. The van der Waals surface area contributed by atoms with Crippen molar-refractivity contribution in [2.75, 3.05) is 6.61 Å². The van der Waals surface area contributed by atoms with Gasteiger partial charge in [-0.05, 0) is 73.7 Å². The van der Waals surface area contributed by atoms with Crippen LogP contribution >= 0.6 is 0 Å². The number of esters is 2. The fraction of sp³-hybridized carbons (Fsp3) is 0.840. The molecule has 4 saturated carbocycles. The van der Waals surface area contributed by atoms with Gasteiger partial charge in [-0.15, -0.1) is 0 Å². The Kier molecular flexibility index (Phi) is 4.88. The highest BCUT2D eigenvalue weighted by Crippen LogP contribution is 2.70. The molecule has 0 saturated heterocycles. The Morgan fingerprint density at radius 1 is 1.16 bits per heavy atom. The van der Waals surface area contributed by atoms with Crippen molar-refractivity contribution in [2.45, 2.75) is 89.9 Å². The zero-order valence-corrected chi connectivity index (χ0v) is 18.9. The zero-order valence-electron chi connectivity index (χ0n) is 18.9. The van der Waals surface area contributed by atoms with Crippen molar-refractivity contribution < 1.29 is 29.3 Å². The highest BCUT2D eigenvalue weighted by atomic mass is 16.5. The minimum absolute atomic E-state index is 0.139. The van der Waals surface area contributed by atoms with E-state index in [1.165, 1.54) is 6.92 Å². The third-order valence-corrected chi connectivity index (χ3v) is 10.2. The second-order valence-corrected chi connectivity index (χ2v) is 11.5. The van der Waals surface area contributed by atoms with Crippen molar-refractivity contribution >= 4 is 11.9 Å². The van der Waals surface area contributed by atoms with Crippen molar-refractivity contribution in [1.82, 2.24) is 0 Å². The molecule has 172 valence electrons. The van der Waals surface area contributed by atoms with E-state index in [1.54, 1.807) is 6.08 Å². The van der Waals surface area contributed by atoms with E-state index in [9.17, 15) is 19.8 Å². The second-order valence-electron chi connectivity index (χ2n) is 11.5. The molecule has 6 heteroatoms. The molecule has 4 fully saturated rings. The standard InChI is InChI=1S/C25H36O6/c1-14(26)31-20-12-25(29)19-5-4-16-11-17(27)6-8-23(16,2)18(19)7-9-24(25,3)22(20)15-10-21(28)30-13-15/h10,16-20,22,27,29H,4-9,11-13H2,1-3H3/t16-,17+,18?,19-,20+,22+,23+,24-,25+/m1/s1. The Bertz CT molecular complexity index is 821. The third-order valence-electron chi connectivity index (χ3n) is 10.2. The number of hydrogen-bond donors (Lipinski definition) is 2. The molecular weight excluding hydrogens is 396 g/mol. The second kappa shape index (κ2) is 7.05. The van der Waals surface area contributed by atoms with Crippen LogP contribution in [0.5, 0.6) is 0 Å². The predicted molar refractivity (Wildman–Crippen MR) is 113 cm³/mol. The summed E-state index contributed by atoms with van der Waals surface area (Å²) in [7, 11) is 0. The molecule has 2 N–H and O–H groups in total. The molecule has 1 heterocycles. The van der Waals surface area contributed by atoms with Crippen molar-refractivity contribution in [3.63, 3.8) is 0 Å². The van der Waals surface area contributed by atoms with E-state index in [4.69, 9.17) is 9.47 Å². The lowest BCUT2D eigenvalue weighted by molar-refractivity contribution is -0.208. The summed E-state index contributed by atoms with van der Waals surface area (Å²) < 4.78 is 11.0.